The molecule has 0 fully saturated rings. The van der Waals surface area contributed by atoms with Crippen LogP contribution in [0.5, 0.6) is 0 Å². The number of rotatable bonds is 6. The van der Waals surface area contributed by atoms with Gasteiger partial charge in [0.1, 0.15) is 5.58 Å². The van der Waals surface area contributed by atoms with Crippen LogP contribution in [0.2, 0.25) is 0 Å². The van der Waals surface area contributed by atoms with Crippen LogP contribution in [-0.4, -0.2) is 25.4 Å². The molecule has 5 nitrogen and oxygen atoms in total. The summed E-state index contributed by atoms with van der Waals surface area (Å²) in [6.07, 6.45) is 1.33. The molecule has 0 saturated carbocycles. The smallest absolute Gasteiger partial charge is 0.287 e. The molecule has 1 aromatic carbocycles. The van der Waals surface area contributed by atoms with Gasteiger partial charge in [0.25, 0.3) is 5.91 Å². The summed E-state index contributed by atoms with van der Waals surface area (Å²) in [7, 11) is 0. The van der Waals surface area contributed by atoms with Crippen molar-refractivity contribution in [3.8, 4) is 0 Å². The largest absolute Gasteiger partial charge is 0.451 e. The molecule has 1 aromatic heterocycles. The van der Waals surface area contributed by atoms with Gasteiger partial charge >= 0.3 is 0 Å². The van der Waals surface area contributed by atoms with Crippen LogP contribution in [-0.2, 0) is 4.79 Å². The molecule has 0 aliphatic carbocycles. The van der Waals surface area contributed by atoms with Gasteiger partial charge < -0.3 is 15.1 Å². The van der Waals surface area contributed by atoms with Gasteiger partial charge in [-0.15, -0.1) is 0 Å². The van der Waals surface area contributed by atoms with E-state index in [0.29, 0.717) is 37.3 Å². The molecule has 5 heteroatoms. The molecule has 2 aromatic rings. The molecule has 19 heavy (non-hydrogen) atoms. The van der Waals surface area contributed by atoms with Gasteiger partial charge in [0.2, 0.25) is 6.41 Å². The first-order valence-electron chi connectivity index (χ1n) is 6.17. The highest BCUT2D eigenvalue weighted by Gasteiger charge is 2.16. The van der Waals surface area contributed by atoms with Gasteiger partial charge in [0.05, 0.1) is 0 Å². The van der Waals surface area contributed by atoms with E-state index in [0.717, 1.165) is 10.9 Å². The van der Waals surface area contributed by atoms with Gasteiger partial charge in [-0.2, -0.15) is 0 Å². The van der Waals surface area contributed by atoms with Crippen LogP contribution < -0.4 is 10.6 Å². The standard InChI is InChI=1S/C14H16N2O3/c1-10-11-5-2-3-6-12(11)19-13(10)14(18)16-8-4-7-15-9-17/h2-3,5-6,9H,4,7-8H2,1H3,(H,15,17)(H,16,18). The van der Waals surface area contributed by atoms with Crippen LogP contribution in [0.1, 0.15) is 22.5 Å². The van der Waals surface area contributed by atoms with Crippen LogP contribution in [0, 0.1) is 6.92 Å². The van der Waals surface area contributed by atoms with Gasteiger partial charge in [-0.05, 0) is 19.4 Å². The lowest BCUT2D eigenvalue weighted by Gasteiger charge is -2.03. The lowest BCUT2D eigenvalue weighted by Crippen LogP contribution is -2.27. The molecule has 0 saturated heterocycles. The van der Waals surface area contributed by atoms with Crippen LogP contribution >= 0.6 is 0 Å². The highest BCUT2D eigenvalue weighted by Crippen LogP contribution is 2.24. The van der Waals surface area contributed by atoms with Crippen molar-refractivity contribution in [1.82, 2.24) is 10.6 Å². The Kier molecular flexibility index (Phi) is 4.18. The minimum atomic E-state index is -0.222. The maximum atomic E-state index is 12.0. The van der Waals surface area contributed by atoms with Crippen LogP contribution in [0.25, 0.3) is 11.0 Å². The Morgan fingerprint density at radius 1 is 1.32 bits per heavy atom. The van der Waals surface area contributed by atoms with Crippen molar-refractivity contribution in [2.45, 2.75) is 13.3 Å². The summed E-state index contributed by atoms with van der Waals surface area (Å²) >= 11 is 0. The van der Waals surface area contributed by atoms with Gasteiger partial charge in [0, 0.05) is 24.0 Å². The number of amides is 2. The van der Waals surface area contributed by atoms with E-state index in [1.807, 2.05) is 31.2 Å². The number of hydrogen-bond donors (Lipinski definition) is 2. The fourth-order valence-electron chi connectivity index (χ4n) is 1.92. The highest BCUT2D eigenvalue weighted by molar-refractivity contribution is 5.98. The number of para-hydroxylation sites is 1. The molecule has 2 N–H and O–H groups in total. The van der Waals surface area contributed by atoms with E-state index in [4.69, 9.17) is 4.42 Å². The average molecular weight is 260 g/mol. The van der Waals surface area contributed by atoms with Crippen molar-refractivity contribution < 1.29 is 14.0 Å². The van der Waals surface area contributed by atoms with E-state index in [-0.39, 0.29) is 5.91 Å². The number of carbonyl (C=O) groups excluding carboxylic acids is 2. The Hall–Kier alpha value is -2.30. The molecule has 1 heterocycles. The van der Waals surface area contributed by atoms with Crippen molar-refractivity contribution in [3.05, 3.63) is 35.6 Å². The summed E-state index contributed by atoms with van der Waals surface area (Å²) in [4.78, 5) is 22.0. The number of carbonyl (C=O) groups is 2. The molecular formula is C14H16N2O3. The summed E-state index contributed by atoms with van der Waals surface area (Å²) in [5.41, 5.74) is 1.56. The SMILES string of the molecule is Cc1c(C(=O)NCCCNC=O)oc2ccccc12. The third-order valence-electron chi connectivity index (χ3n) is 2.92. The average Bonchev–Trinajstić information content (AvgIpc) is 2.76. The van der Waals surface area contributed by atoms with E-state index >= 15 is 0 Å². The second-order valence-corrected chi connectivity index (χ2v) is 4.23. The van der Waals surface area contributed by atoms with Crippen molar-refractivity contribution >= 4 is 23.3 Å². The molecule has 0 aliphatic heterocycles. The van der Waals surface area contributed by atoms with Crippen LogP contribution in [0.3, 0.4) is 0 Å². The Morgan fingerprint density at radius 2 is 2.11 bits per heavy atom. The zero-order valence-corrected chi connectivity index (χ0v) is 10.7. The molecule has 0 atom stereocenters. The van der Waals surface area contributed by atoms with Crippen LogP contribution in [0.15, 0.2) is 28.7 Å². The first-order chi connectivity index (χ1) is 9.24. The first-order valence-corrected chi connectivity index (χ1v) is 6.17. The van der Waals surface area contributed by atoms with E-state index in [1.54, 1.807) is 0 Å². The van der Waals surface area contributed by atoms with Gasteiger partial charge in [-0.25, -0.2) is 0 Å². The lowest BCUT2D eigenvalue weighted by atomic mass is 10.1. The quantitative estimate of drug-likeness (QED) is 0.612. The summed E-state index contributed by atoms with van der Waals surface area (Å²) in [6, 6.07) is 7.56. The Balaban J connectivity index is 2.01. The summed E-state index contributed by atoms with van der Waals surface area (Å²) < 4.78 is 5.55. The maximum Gasteiger partial charge on any atom is 0.287 e. The molecule has 0 bridgehead atoms. The monoisotopic (exact) mass is 260 g/mol. The number of hydrogen-bond acceptors (Lipinski definition) is 3. The molecule has 0 aliphatic rings. The van der Waals surface area contributed by atoms with Crippen molar-refractivity contribution in [2.75, 3.05) is 13.1 Å². The second-order valence-electron chi connectivity index (χ2n) is 4.23. The van der Waals surface area contributed by atoms with Gasteiger partial charge in [0.15, 0.2) is 5.76 Å². The number of nitrogens with one attached hydrogen (secondary N) is 2. The second kappa shape index (κ2) is 6.04. The summed E-state index contributed by atoms with van der Waals surface area (Å²) in [5, 5.41) is 6.26. The summed E-state index contributed by atoms with van der Waals surface area (Å²) in [6.45, 7) is 2.91. The fourth-order valence-corrected chi connectivity index (χ4v) is 1.92. The molecule has 2 rings (SSSR count). The van der Waals surface area contributed by atoms with Gasteiger partial charge in [-0.1, -0.05) is 18.2 Å². The third-order valence-corrected chi connectivity index (χ3v) is 2.92. The fraction of sp³-hybridized carbons (Fsp3) is 0.286. The van der Waals surface area contributed by atoms with E-state index < -0.39 is 0 Å². The normalized spacial score (nSPS) is 10.4. The molecule has 0 radical (unpaired) electrons. The minimum absolute atomic E-state index is 0.222. The Morgan fingerprint density at radius 3 is 2.84 bits per heavy atom. The molecule has 100 valence electrons. The predicted molar refractivity (Wildman–Crippen MR) is 72.0 cm³/mol. The van der Waals surface area contributed by atoms with Crippen LogP contribution in [0.4, 0.5) is 0 Å². The van der Waals surface area contributed by atoms with E-state index in [1.165, 1.54) is 0 Å². The molecule has 0 unspecified atom stereocenters. The maximum absolute atomic E-state index is 12.0. The third kappa shape index (κ3) is 2.93. The summed E-state index contributed by atoms with van der Waals surface area (Å²) in [5.74, 6) is 0.129. The van der Waals surface area contributed by atoms with E-state index in [2.05, 4.69) is 10.6 Å². The van der Waals surface area contributed by atoms with Gasteiger partial charge in [-0.3, -0.25) is 9.59 Å². The zero-order chi connectivity index (χ0) is 13.7. The topological polar surface area (TPSA) is 71.3 Å². The molecular weight excluding hydrogens is 244 g/mol. The number of benzene rings is 1. The molecule has 2 amide bonds. The Bertz CT molecular complexity index is 589. The van der Waals surface area contributed by atoms with Crippen molar-refractivity contribution in [2.24, 2.45) is 0 Å². The molecule has 0 spiro atoms. The predicted octanol–water partition coefficient (Wildman–Crippen LogP) is 1.61. The van der Waals surface area contributed by atoms with E-state index in [9.17, 15) is 9.59 Å². The van der Waals surface area contributed by atoms with Crippen molar-refractivity contribution in [3.63, 3.8) is 0 Å². The number of fused-ring (bicyclic) bond motifs is 1. The minimum Gasteiger partial charge on any atom is -0.451 e. The lowest BCUT2D eigenvalue weighted by molar-refractivity contribution is -0.109. The number of aryl methyl sites for hydroxylation is 1. The number of furan rings is 1. The highest BCUT2D eigenvalue weighted by atomic mass is 16.3. The first kappa shape index (κ1) is 13.1. The zero-order valence-electron chi connectivity index (χ0n) is 10.7. The van der Waals surface area contributed by atoms with Crippen molar-refractivity contribution in [1.29, 1.82) is 0 Å². The Labute approximate surface area is 111 Å².